The van der Waals surface area contributed by atoms with E-state index >= 15 is 0 Å². The van der Waals surface area contributed by atoms with Crippen LogP contribution < -0.4 is 10.6 Å². The highest BCUT2D eigenvalue weighted by Gasteiger charge is 2.07. The van der Waals surface area contributed by atoms with Crippen molar-refractivity contribution in [3.8, 4) is 0 Å². The second kappa shape index (κ2) is 4.61. The number of hydrogen-bond donors (Lipinski definition) is 3. The minimum atomic E-state index is -0.991. The van der Waals surface area contributed by atoms with Crippen LogP contribution in [0, 0.1) is 0 Å². The molecule has 1 aliphatic heterocycles. The number of rotatable bonds is 2. The van der Waals surface area contributed by atoms with Gasteiger partial charge in [-0.2, -0.15) is 0 Å². The number of hydrogen-bond acceptors (Lipinski definition) is 5. The third-order valence-electron chi connectivity index (χ3n) is 2.15. The lowest BCUT2D eigenvalue weighted by Crippen LogP contribution is -2.35. The van der Waals surface area contributed by atoms with E-state index in [2.05, 4.69) is 20.6 Å². The Morgan fingerprint density at radius 3 is 3.06 bits per heavy atom. The van der Waals surface area contributed by atoms with Crippen molar-refractivity contribution < 1.29 is 9.90 Å². The molecule has 0 atom stereocenters. The standard InChI is InChI=1S/C10H12N4O2/c15-9(16)7-4-8(6-11-5-7)14-10-12-2-1-3-13-10/h4-6H,1-3H2,(H,15,16)(H2,12,13,14). The van der Waals surface area contributed by atoms with Crippen molar-refractivity contribution >= 4 is 17.6 Å². The minimum Gasteiger partial charge on any atom is -0.478 e. The SMILES string of the molecule is O=C(O)c1cncc(NC2=NCCCN2)c1. The van der Waals surface area contributed by atoms with Crippen LogP contribution in [0.4, 0.5) is 5.69 Å². The topological polar surface area (TPSA) is 86.6 Å². The van der Waals surface area contributed by atoms with Gasteiger partial charge in [0, 0.05) is 19.3 Å². The highest BCUT2D eigenvalue weighted by Crippen LogP contribution is 2.08. The maximum Gasteiger partial charge on any atom is 0.337 e. The molecule has 0 saturated carbocycles. The average Bonchev–Trinajstić information content (AvgIpc) is 2.30. The quantitative estimate of drug-likeness (QED) is 0.677. The van der Waals surface area contributed by atoms with Crippen molar-refractivity contribution in [2.75, 3.05) is 18.4 Å². The molecule has 0 aromatic carbocycles. The number of anilines is 1. The number of guanidine groups is 1. The Morgan fingerprint density at radius 2 is 2.38 bits per heavy atom. The van der Waals surface area contributed by atoms with Crippen LogP contribution in [-0.4, -0.2) is 35.1 Å². The molecule has 0 radical (unpaired) electrons. The first kappa shape index (κ1) is 10.4. The normalized spacial score (nSPS) is 14.9. The zero-order valence-electron chi connectivity index (χ0n) is 8.60. The van der Waals surface area contributed by atoms with Gasteiger partial charge in [0.05, 0.1) is 17.4 Å². The fourth-order valence-electron chi connectivity index (χ4n) is 1.38. The number of aliphatic imine (C=N–C) groups is 1. The van der Waals surface area contributed by atoms with Gasteiger partial charge in [0.25, 0.3) is 0 Å². The summed E-state index contributed by atoms with van der Waals surface area (Å²) in [5, 5.41) is 14.9. The van der Waals surface area contributed by atoms with Crippen LogP contribution in [0.3, 0.4) is 0 Å². The van der Waals surface area contributed by atoms with E-state index in [4.69, 9.17) is 5.11 Å². The molecule has 0 fully saturated rings. The van der Waals surface area contributed by atoms with Crippen LogP contribution >= 0.6 is 0 Å². The fourth-order valence-corrected chi connectivity index (χ4v) is 1.38. The van der Waals surface area contributed by atoms with Gasteiger partial charge in [-0.1, -0.05) is 0 Å². The molecule has 0 amide bonds. The van der Waals surface area contributed by atoms with Crippen LogP contribution in [0.15, 0.2) is 23.5 Å². The van der Waals surface area contributed by atoms with E-state index in [0.717, 1.165) is 19.5 Å². The summed E-state index contributed by atoms with van der Waals surface area (Å²) >= 11 is 0. The molecule has 0 unspecified atom stereocenters. The Morgan fingerprint density at radius 1 is 1.50 bits per heavy atom. The van der Waals surface area contributed by atoms with Gasteiger partial charge in [0.1, 0.15) is 0 Å². The second-order valence-corrected chi connectivity index (χ2v) is 3.40. The zero-order chi connectivity index (χ0) is 11.4. The van der Waals surface area contributed by atoms with E-state index < -0.39 is 5.97 Å². The molecular formula is C10H12N4O2. The van der Waals surface area contributed by atoms with Crippen molar-refractivity contribution in [3.05, 3.63) is 24.0 Å². The average molecular weight is 220 g/mol. The van der Waals surface area contributed by atoms with Crippen LogP contribution in [0.25, 0.3) is 0 Å². The van der Waals surface area contributed by atoms with Gasteiger partial charge >= 0.3 is 5.97 Å². The van der Waals surface area contributed by atoms with E-state index in [0.29, 0.717) is 11.6 Å². The Labute approximate surface area is 92.4 Å². The van der Waals surface area contributed by atoms with Gasteiger partial charge in [0.15, 0.2) is 5.96 Å². The molecule has 1 aromatic rings. The van der Waals surface area contributed by atoms with Crippen molar-refractivity contribution in [2.45, 2.75) is 6.42 Å². The maximum absolute atomic E-state index is 10.7. The largest absolute Gasteiger partial charge is 0.478 e. The predicted octanol–water partition coefficient (Wildman–Crippen LogP) is 0.541. The predicted molar refractivity (Wildman–Crippen MR) is 59.7 cm³/mol. The lowest BCUT2D eigenvalue weighted by atomic mass is 10.2. The molecule has 0 aliphatic carbocycles. The lowest BCUT2D eigenvalue weighted by molar-refractivity contribution is 0.0696. The number of aromatic carboxylic acids is 1. The van der Waals surface area contributed by atoms with E-state index in [1.54, 1.807) is 6.20 Å². The summed E-state index contributed by atoms with van der Waals surface area (Å²) in [4.78, 5) is 18.8. The summed E-state index contributed by atoms with van der Waals surface area (Å²) in [5.41, 5.74) is 0.773. The number of carboxylic acid groups (broad SMARTS) is 1. The summed E-state index contributed by atoms with van der Waals surface area (Å²) in [6.07, 6.45) is 3.88. The molecule has 2 rings (SSSR count). The molecule has 1 aromatic heterocycles. The van der Waals surface area contributed by atoms with Gasteiger partial charge in [-0.05, 0) is 12.5 Å². The first-order valence-electron chi connectivity index (χ1n) is 4.99. The summed E-state index contributed by atoms with van der Waals surface area (Å²) in [6.45, 7) is 1.65. The number of nitrogens with zero attached hydrogens (tertiary/aromatic N) is 2. The van der Waals surface area contributed by atoms with Crippen molar-refractivity contribution in [1.82, 2.24) is 10.3 Å². The van der Waals surface area contributed by atoms with E-state index in [-0.39, 0.29) is 5.56 Å². The van der Waals surface area contributed by atoms with Crippen LogP contribution in [-0.2, 0) is 0 Å². The van der Waals surface area contributed by atoms with Gasteiger partial charge < -0.3 is 15.7 Å². The summed E-state index contributed by atoms with van der Waals surface area (Å²) in [6, 6.07) is 1.52. The molecule has 1 aliphatic rings. The third-order valence-corrected chi connectivity index (χ3v) is 2.15. The van der Waals surface area contributed by atoms with Crippen molar-refractivity contribution in [1.29, 1.82) is 0 Å². The monoisotopic (exact) mass is 220 g/mol. The Bertz CT molecular complexity index is 431. The van der Waals surface area contributed by atoms with Crippen LogP contribution in [0.5, 0.6) is 0 Å². The number of carbonyl (C=O) groups is 1. The first-order valence-corrected chi connectivity index (χ1v) is 4.99. The van der Waals surface area contributed by atoms with Gasteiger partial charge in [-0.3, -0.25) is 9.98 Å². The molecule has 16 heavy (non-hydrogen) atoms. The number of carboxylic acids is 1. The number of pyridine rings is 1. The van der Waals surface area contributed by atoms with Gasteiger partial charge in [-0.25, -0.2) is 4.79 Å². The third kappa shape index (κ3) is 2.47. The van der Waals surface area contributed by atoms with Gasteiger partial charge in [0.2, 0.25) is 0 Å². The van der Waals surface area contributed by atoms with E-state index in [1.165, 1.54) is 12.3 Å². The highest BCUT2D eigenvalue weighted by atomic mass is 16.4. The molecule has 2 heterocycles. The highest BCUT2D eigenvalue weighted by molar-refractivity contribution is 5.95. The molecule has 3 N–H and O–H groups in total. The van der Waals surface area contributed by atoms with E-state index in [9.17, 15) is 4.79 Å². The lowest BCUT2D eigenvalue weighted by Gasteiger charge is -2.15. The Balaban J connectivity index is 2.12. The second-order valence-electron chi connectivity index (χ2n) is 3.40. The number of nitrogens with one attached hydrogen (secondary N) is 2. The van der Waals surface area contributed by atoms with Gasteiger partial charge in [-0.15, -0.1) is 0 Å². The summed E-state index contributed by atoms with van der Waals surface area (Å²) in [7, 11) is 0. The van der Waals surface area contributed by atoms with Crippen LogP contribution in [0.1, 0.15) is 16.8 Å². The van der Waals surface area contributed by atoms with Crippen LogP contribution in [0.2, 0.25) is 0 Å². The molecule has 84 valence electrons. The molecule has 6 heteroatoms. The molecular weight excluding hydrogens is 208 g/mol. The molecule has 0 saturated heterocycles. The fraction of sp³-hybridized carbons (Fsp3) is 0.300. The molecule has 0 spiro atoms. The first-order chi connectivity index (χ1) is 7.75. The van der Waals surface area contributed by atoms with E-state index in [1.807, 2.05) is 0 Å². The Kier molecular flexibility index (Phi) is 3.00. The zero-order valence-corrected chi connectivity index (χ0v) is 8.60. The minimum absolute atomic E-state index is 0.154. The maximum atomic E-state index is 10.7. The summed E-state index contributed by atoms with van der Waals surface area (Å²) in [5.74, 6) is -0.328. The summed E-state index contributed by atoms with van der Waals surface area (Å²) < 4.78 is 0. The van der Waals surface area contributed by atoms with Crippen molar-refractivity contribution in [3.63, 3.8) is 0 Å². The number of aromatic nitrogens is 1. The smallest absolute Gasteiger partial charge is 0.337 e. The molecule has 0 bridgehead atoms. The Hall–Kier alpha value is -2.11. The molecule has 6 nitrogen and oxygen atoms in total. The van der Waals surface area contributed by atoms with Crippen molar-refractivity contribution in [2.24, 2.45) is 4.99 Å².